The molecule has 1 saturated heterocycles. The average molecular weight is 303 g/mol. The molecule has 0 unspecified atom stereocenters. The lowest BCUT2D eigenvalue weighted by molar-refractivity contribution is 0.141. The molecule has 0 atom stereocenters. The van der Waals surface area contributed by atoms with Gasteiger partial charge in [-0.2, -0.15) is 0 Å². The van der Waals surface area contributed by atoms with Crippen LogP contribution in [0, 0.1) is 0 Å². The fourth-order valence-corrected chi connectivity index (χ4v) is 3.74. The SMILES string of the molecule is CN(C)C1CCN(Cc2cc(Br)cs2)CC1. The Labute approximate surface area is 110 Å². The van der Waals surface area contributed by atoms with E-state index < -0.39 is 0 Å². The maximum absolute atomic E-state index is 3.51. The lowest BCUT2D eigenvalue weighted by Crippen LogP contribution is -2.41. The fraction of sp³-hybridized carbons (Fsp3) is 0.667. The second-order valence-electron chi connectivity index (χ2n) is 4.70. The van der Waals surface area contributed by atoms with Crippen molar-refractivity contribution in [1.29, 1.82) is 0 Å². The van der Waals surface area contributed by atoms with Crippen LogP contribution in [0.25, 0.3) is 0 Å². The summed E-state index contributed by atoms with van der Waals surface area (Å²) in [6.45, 7) is 3.59. The third-order valence-electron chi connectivity index (χ3n) is 3.29. The van der Waals surface area contributed by atoms with Crippen molar-refractivity contribution in [3.63, 3.8) is 0 Å². The van der Waals surface area contributed by atoms with Gasteiger partial charge in [0.15, 0.2) is 0 Å². The van der Waals surface area contributed by atoms with Crippen LogP contribution in [0.2, 0.25) is 0 Å². The zero-order valence-corrected chi connectivity index (χ0v) is 12.4. The molecule has 0 amide bonds. The molecule has 4 heteroatoms. The number of thiophene rings is 1. The highest BCUT2D eigenvalue weighted by Crippen LogP contribution is 2.23. The summed E-state index contributed by atoms with van der Waals surface area (Å²) in [5.41, 5.74) is 0. The first-order valence-electron chi connectivity index (χ1n) is 5.77. The molecule has 1 fully saturated rings. The summed E-state index contributed by atoms with van der Waals surface area (Å²) >= 11 is 5.36. The molecule has 16 heavy (non-hydrogen) atoms. The van der Waals surface area contributed by atoms with Gasteiger partial charge < -0.3 is 4.90 Å². The van der Waals surface area contributed by atoms with Gasteiger partial charge in [0.2, 0.25) is 0 Å². The van der Waals surface area contributed by atoms with Gasteiger partial charge in [-0.3, -0.25) is 4.90 Å². The van der Waals surface area contributed by atoms with E-state index in [-0.39, 0.29) is 0 Å². The van der Waals surface area contributed by atoms with Crippen LogP contribution < -0.4 is 0 Å². The third kappa shape index (κ3) is 3.29. The van der Waals surface area contributed by atoms with Gasteiger partial charge in [0.25, 0.3) is 0 Å². The van der Waals surface area contributed by atoms with Gasteiger partial charge in [0.1, 0.15) is 0 Å². The van der Waals surface area contributed by atoms with Gasteiger partial charge in [-0.25, -0.2) is 0 Å². The molecule has 0 aliphatic carbocycles. The van der Waals surface area contributed by atoms with Crippen LogP contribution in [0.3, 0.4) is 0 Å². The van der Waals surface area contributed by atoms with Crippen molar-refractivity contribution in [2.24, 2.45) is 0 Å². The molecule has 2 heterocycles. The summed E-state index contributed by atoms with van der Waals surface area (Å²) in [5.74, 6) is 0. The van der Waals surface area contributed by atoms with E-state index in [1.165, 1.54) is 35.3 Å². The molecule has 1 aromatic heterocycles. The molecule has 0 N–H and O–H groups in total. The van der Waals surface area contributed by atoms with Crippen molar-refractivity contribution in [3.05, 3.63) is 20.8 Å². The molecule has 2 rings (SSSR count). The van der Waals surface area contributed by atoms with Gasteiger partial charge >= 0.3 is 0 Å². The highest BCUT2D eigenvalue weighted by Gasteiger charge is 2.20. The summed E-state index contributed by atoms with van der Waals surface area (Å²) in [4.78, 5) is 6.40. The largest absolute Gasteiger partial charge is 0.306 e. The van der Waals surface area contributed by atoms with Gasteiger partial charge in [-0.15, -0.1) is 11.3 Å². The van der Waals surface area contributed by atoms with E-state index in [1.807, 2.05) is 11.3 Å². The van der Waals surface area contributed by atoms with Crippen molar-refractivity contribution in [2.75, 3.05) is 27.2 Å². The molecule has 0 radical (unpaired) electrons. The fourth-order valence-electron chi connectivity index (χ4n) is 2.25. The maximum Gasteiger partial charge on any atom is 0.0328 e. The number of hydrogen-bond donors (Lipinski definition) is 0. The summed E-state index contributed by atoms with van der Waals surface area (Å²) in [6.07, 6.45) is 2.61. The Hall–Kier alpha value is 0.1000. The quantitative estimate of drug-likeness (QED) is 0.847. The molecule has 0 saturated carbocycles. The predicted molar refractivity (Wildman–Crippen MR) is 74.0 cm³/mol. The highest BCUT2D eigenvalue weighted by atomic mass is 79.9. The van der Waals surface area contributed by atoms with Crippen LogP contribution in [-0.4, -0.2) is 43.0 Å². The van der Waals surface area contributed by atoms with Crippen LogP contribution in [0.4, 0.5) is 0 Å². The minimum Gasteiger partial charge on any atom is -0.306 e. The molecular formula is C12H19BrN2S. The molecule has 2 nitrogen and oxygen atoms in total. The summed E-state index contributed by atoms with van der Waals surface area (Å²) in [6, 6.07) is 3.02. The zero-order chi connectivity index (χ0) is 11.5. The topological polar surface area (TPSA) is 6.48 Å². The Morgan fingerprint density at radius 1 is 1.44 bits per heavy atom. The number of halogens is 1. The number of hydrogen-bond acceptors (Lipinski definition) is 3. The molecule has 0 spiro atoms. The number of likely N-dealkylation sites (tertiary alicyclic amines) is 1. The number of piperidine rings is 1. The molecule has 0 aromatic carbocycles. The van der Waals surface area contributed by atoms with Gasteiger partial charge in [-0.05, 0) is 48.9 Å². The summed E-state index contributed by atoms with van der Waals surface area (Å²) < 4.78 is 1.22. The Balaban J connectivity index is 1.81. The van der Waals surface area contributed by atoms with Gasteiger partial charge in [0.05, 0.1) is 0 Å². The first-order chi connectivity index (χ1) is 7.65. The lowest BCUT2D eigenvalue weighted by atomic mass is 10.0. The molecule has 1 aliphatic rings. The van der Waals surface area contributed by atoms with E-state index in [1.54, 1.807) is 0 Å². The van der Waals surface area contributed by atoms with Gasteiger partial charge in [-0.1, -0.05) is 0 Å². The first-order valence-corrected chi connectivity index (χ1v) is 7.44. The standard InChI is InChI=1S/C12H19BrN2S/c1-14(2)11-3-5-15(6-4-11)8-12-7-10(13)9-16-12/h7,9,11H,3-6,8H2,1-2H3. The molecule has 90 valence electrons. The Morgan fingerprint density at radius 2 is 2.12 bits per heavy atom. The van der Waals surface area contributed by atoms with Crippen LogP contribution in [0.15, 0.2) is 15.9 Å². The van der Waals surface area contributed by atoms with E-state index in [0.29, 0.717) is 0 Å². The molecule has 1 aliphatic heterocycles. The smallest absolute Gasteiger partial charge is 0.0328 e. The van der Waals surface area contributed by atoms with Gasteiger partial charge in [0, 0.05) is 40.4 Å². The van der Waals surface area contributed by atoms with E-state index in [0.717, 1.165) is 12.6 Å². The number of rotatable bonds is 3. The molecule has 0 bridgehead atoms. The van der Waals surface area contributed by atoms with E-state index in [9.17, 15) is 0 Å². The van der Waals surface area contributed by atoms with Crippen molar-refractivity contribution < 1.29 is 0 Å². The molecular weight excluding hydrogens is 284 g/mol. The Kier molecular flexibility index (Phi) is 4.41. The van der Waals surface area contributed by atoms with Crippen LogP contribution in [0.1, 0.15) is 17.7 Å². The van der Waals surface area contributed by atoms with E-state index >= 15 is 0 Å². The third-order valence-corrected chi connectivity index (χ3v) is 4.97. The van der Waals surface area contributed by atoms with E-state index in [4.69, 9.17) is 0 Å². The Morgan fingerprint density at radius 3 is 2.62 bits per heavy atom. The zero-order valence-electron chi connectivity index (χ0n) is 9.95. The van der Waals surface area contributed by atoms with Crippen LogP contribution >= 0.6 is 27.3 Å². The highest BCUT2D eigenvalue weighted by molar-refractivity contribution is 9.10. The maximum atomic E-state index is 3.51. The van der Waals surface area contributed by atoms with Crippen molar-refractivity contribution >= 4 is 27.3 Å². The van der Waals surface area contributed by atoms with Crippen LogP contribution in [0.5, 0.6) is 0 Å². The van der Waals surface area contributed by atoms with Crippen molar-refractivity contribution in [3.8, 4) is 0 Å². The Bertz CT molecular complexity index is 330. The normalized spacial score (nSPS) is 19.5. The summed E-state index contributed by atoms with van der Waals surface area (Å²) in [5, 5.41) is 2.17. The minimum atomic E-state index is 0.784. The van der Waals surface area contributed by atoms with E-state index in [2.05, 4.69) is 51.3 Å². The average Bonchev–Trinajstić information content (AvgIpc) is 2.65. The lowest BCUT2D eigenvalue weighted by Gasteiger charge is -2.34. The van der Waals surface area contributed by atoms with Crippen molar-refractivity contribution in [2.45, 2.75) is 25.4 Å². The second kappa shape index (κ2) is 5.63. The first kappa shape index (κ1) is 12.6. The second-order valence-corrected chi connectivity index (χ2v) is 6.61. The van der Waals surface area contributed by atoms with Crippen molar-refractivity contribution in [1.82, 2.24) is 9.80 Å². The summed E-state index contributed by atoms with van der Waals surface area (Å²) in [7, 11) is 4.38. The minimum absolute atomic E-state index is 0.784. The monoisotopic (exact) mass is 302 g/mol. The number of nitrogens with zero attached hydrogens (tertiary/aromatic N) is 2. The van der Waals surface area contributed by atoms with Crippen LogP contribution in [-0.2, 0) is 6.54 Å². The molecule has 1 aromatic rings. The predicted octanol–water partition coefficient (Wildman–Crippen LogP) is 3.04.